The summed E-state index contributed by atoms with van der Waals surface area (Å²) in [5, 5.41) is 0. The van der Waals surface area contributed by atoms with Crippen LogP contribution < -0.4 is 0 Å². The lowest BCUT2D eigenvalue weighted by atomic mass is 9.99. The van der Waals surface area contributed by atoms with Crippen LogP contribution in [0.15, 0.2) is 30.3 Å². The molecule has 0 unspecified atom stereocenters. The van der Waals surface area contributed by atoms with Gasteiger partial charge in [-0.1, -0.05) is 44.2 Å². The van der Waals surface area contributed by atoms with Gasteiger partial charge < -0.3 is 4.74 Å². The van der Waals surface area contributed by atoms with Crippen molar-refractivity contribution in [3.05, 3.63) is 35.9 Å². The molecule has 1 aromatic carbocycles. The lowest BCUT2D eigenvalue weighted by molar-refractivity contribution is 0.0792. The minimum absolute atomic E-state index is 0.454. The quantitative estimate of drug-likeness (QED) is 0.672. The molecule has 1 nitrogen and oxygen atoms in total. The van der Waals surface area contributed by atoms with Gasteiger partial charge in [0.2, 0.25) is 0 Å². The van der Waals surface area contributed by atoms with E-state index in [1.165, 1.54) is 5.56 Å². The number of hydrogen-bond donors (Lipinski definition) is 0. The molecule has 0 fully saturated rings. The zero-order valence-electron chi connectivity index (χ0n) is 9.45. The van der Waals surface area contributed by atoms with Crippen molar-refractivity contribution < 1.29 is 4.74 Å². The number of ether oxygens (including phenoxy) is 1. The van der Waals surface area contributed by atoms with Crippen LogP contribution in [0.4, 0.5) is 0 Å². The molecular formula is C13H19ClO. The molecule has 0 bridgehead atoms. The molecule has 0 aromatic heterocycles. The van der Waals surface area contributed by atoms with Gasteiger partial charge in [-0.2, -0.15) is 0 Å². The molecule has 0 radical (unpaired) electrons. The maximum Gasteiger partial charge on any atom is 0.0717 e. The van der Waals surface area contributed by atoms with Gasteiger partial charge in [-0.3, -0.25) is 0 Å². The molecule has 1 rings (SSSR count). The van der Waals surface area contributed by atoms with Crippen molar-refractivity contribution in [2.24, 2.45) is 11.8 Å². The molecule has 2 heteroatoms. The molecule has 0 aliphatic heterocycles. The monoisotopic (exact) mass is 226 g/mol. The largest absolute Gasteiger partial charge is 0.376 e. The van der Waals surface area contributed by atoms with Gasteiger partial charge in [0.1, 0.15) is 0 Å². The van der Waals surface area contributed by atoms with E-state index in [1.807, 2.05) is 18.2 Å². The molecule has 0 aliphatic rings. The second-order valence-corrected chi connectivity index (χ2v) is 4.47. The highest BCUT2D eigenvalue weighted by atomic mass is 35.5. The summed E-state index contributed by atoms with van der Waals surface area (Å²) in [5.41, 5.74) is 1.22. The smallest absolute Gasteiger partial charge is 0.0717 e. The maximum absolute atomic E-state index is 5.86. The molecule has 0 N–H and O–H groups in total. The number of benzene rings is 1. The second kappa shape index (κ2) is 6.86. The predicted molar refractivity (Wildman–Crippen MR) is 65.1 cm³/mol. The lowest BCUT2D eigenvalue weighted by Gasteiger charge is -2.17. The first-order valence-electron chi connectivity index (χ1n) is 5.41. The number of alkyl halides is 1. The molecule has 0 spiro atoms. The van der Waals surface area contributed by atoms with Gasteiger partial charge in [-0.15, -0.1) is 11.6 Å². The average Bonchev–Trinajstić information content (AvgIpc) is 2.25. The Morgan fingerprint density at radius 1 is 1.20 bits per heavy atom. The Balaban J connectivity index is 2.27. The van der Waals surface area contributed by atoms with Crippen LogP contribution >= 0.6 is 11.6 Å². The highest BCUT2D eigenvalue weighted by Crippen LogP contribution is 2.13. The Kier molecular flexibility index (Phi) is 5.74. The van der Waals surface area contributed by atoms with E-state index < -0.39 is 0 Å². The fourth-order valence-corrected chi connectivity index (χ4v) is 1.76. The van der Waals surface area contributed by atoms with E-state index in [9.17, 15) is 0 Å². The molecule has 0 saturated carbocycles. The fourth-order valence-electron chi connectivity index (χ4n) is 1.32. The first kappa shape index (κ1) is 12.5. The molecule has 0 amide bonds. The average molecular weight is 227 g/mol. The van der Waals surface area contributed by atoms with Gasteiger partial charge in [0, 0.05) is 5.88 Å². The third-order valence-electron chi connectivity index (χ3n) is 2.58. The summed E-state index contributed by atoms with van der Waals surface area (Å²) in [6.07, 6.45) is 0. The first-order valence-corrected chi connectivity index (χ1v) is 5.95. The summed E-state index contributed by atoms with van der Waals surface area (Å²) in [7, 11) is 0. The molecule has 15 heavy (non-hydrogen) atoms. The van der Waals surface area contributed by atoms with Gasteiger partial charge in [-0.05, 0) is 17.4 Å². The Bertz CT molecular complexity index is 258. The normalized spacial score (nSPS) is 13.1. The van der Waals surface area contributed by atoms with Crippen molar-refractivity contribution in [3.63, 3.8) is 0 Å². The van der Waals surface area contributed by atoms with Crippen LogP contribution in [0.5, 0.6) is 0 Å². The van der Waals surface area contributed by atoms with E-state index in [-0.39, 0.29) is 0 Å². The van der Waals surface area contributed by atoms with E-state index in [0.717, 1.165) is 6.61 Å². The molecule has 0 heterocycles. The van der Waals surface area contributed by atoms with Gasteiger partial charge in [0.05, 0.1) is 13.2 Å². The van der Waals surface area contributed by atoms with Gasteiger partial charge in [0.15, 0.2) is 0 Å². The first-order chi connectivity index (χ1) is 7.24. The highest BCUT2D eigenvalue weighted by Gasteiger charge is 2.11. The molecule has 0 saturated heterocycles. The van der Waals surface area contributed by atoms with Crippen molar-refractivity contribution in [2.75, 3.05) is 12.5 Å². The number of halogens is 1. The minimum atomic E-state index is 0.454. The number of rotatable bonds is 6. The van der Waals surface area contributed by atoms with E-state index in [1.54, 1.807) is 0 Å². The van der Waals surface area contributed by atoms with Crippen LogP contribution in [0.3, 0.4) is 0 Å². The van der Waals surface area contributed by atoms with Crippen molar-refractivity contribution in [1.82, 2.24) is 0 Å². The third kappa shape index (κ3) is 4.67. The van der Waals surface area contributed by atoms with Crippen molar-refractivity contribution in [1.29, 1.82) is 0 Å². The maximum atomic E-state index is 5.86. The fraction of sp³-hybridized carbons (Fsp3) is 0.538. The van der Waals surface area contributed by atoms with Crippen LogP contribution in [0, 0.1) is 11.8 Å². The standard InChI is InChI=1S/C13H19ClO/c1-11(2)13(8-14)10-15-9-12-6-4-3-5-7-12/h3-7,11,13H,8-10H2,1-2H3/t13-/m1/s1. The van der Waals surface area contributed by atoms with Gasteiger partial charge in [-0.25, -0.2) is 0 Å². The van der Waals surface area contributed by atoms with Gasteiger partial charge >= 0.3 is 0 Å². The summed E-state index contributed by atoms with van der Waals surface area (Å²) in [6.45, 7) is 5.79. The SMILES string of the molecule is CC(C)[C@H](CCl)COCc1ccccc1. The minimum Gasteiger partial charge on any atom is -0.376 e. The zero-order valence-corrected chi connectivity index (χ0v) is 10.2. The molecule has 84 valence electrons. The zero-order chi connectivity index (χ0) is 11.1. The molecular weight excluding hydrogens is 208 g/mol. The summed E-state index contributed by atoms with van der Waals surface area (Å²) < 4.78 is 5.65. The van der Waals surface area contributed by atoms with E-state index >= 15 is 0 Å². The summed E-state index contributed by atoms with van der Waals surface area (Å²) in [4.78, 5) is 0. The highest BCUT2D eigenvalue weighted by molar-refractivity contribution is 6.18. The van der Waals surface area contributed by atoms with Crippen LogP contribution in [0.25, 0.3) is 0 Å². The molecule has 1 aromatic rings. The number of hydrogen-bond acceptors (Lipinski definition) is 1. The van der Waals surface area contributed by atoms with Crippen LogP contribution in [0.1, 0.15) is 19.4 Å². The Hall–Kier alpha value is -0.530. The second-order valence-electron chi connectivity index (χ2n) is 4.16. The Morgan fingerprint density at radius 3 is 2.40 bits per heavy atom. The van der Waals surface area contributed by atoms with Crippen molar-refractivity contribution in [3.8, 4) is 0 Å². The topological polar surface area (TPSA) is 9.23 Å². The van der Waals surface area contributed by atoms with Crippen molar-refractivity contribution >= 4 is 11.6 Å². The van der Waals surface area contributed by atoms with Gasteiger partial charge in [0.25, 0.3) is 0 Å². The Labute approximate surface area is 97.4 Å². The van der Waals surface area contributed by atoms with E-state index in [0.29, 0.717) is 24.3 Å². The van der Waals surface area contributed by atoms with Crippen molar-refractivity contribution in [2.45, 2.75) is 20.5 Å². The lowest BCUT2D eigenvalue weighted by Crippen LogP contribution is -2.17. The van der Waals surface area contributed by atoms with E-state index in [4.69, 9.17) is 16.3 Å². The third-order valence-corrected chi connectivity index (χ3v) is 2.98. The van der Waals surface area contributed by atoms with Crippen LogP contribution in [-0.2, 0) is 11.3 Å². The molecule has 1 atom stereocenters. The Morgan fingerprint density at radius 2 is 1.87 bits per heavy atom. The van der Waals surface area contributed by atoms with E-state index in [2.05, 4.69) is 26.0 Å². The van der Waals surface area contributed by atoms with Crippen LogP contribution in [-0.4, -0.2) is 12.5 Å². The summed E-state index contributed by atoms with van der Waals surface area (Å²) >= 11 is 5.86. The molecule has 0 aliphatic carbocycles. The predicted octanol–water partition coefficient (Wildman–Crippen LogP) is 3.71. The van der Waals surface area contributed by atoms with Crippen LogP contribution in [0.2, 0.25) is 0 Å². The summed E-state index contributed by atoms with van der Waals surface area (Å²) in [5.74, 6) is 1.71. The summed E-state index contributed by atoms with van der Waals surface area (Å²) in [6, 6.07) is 10.2.